The molecule has 2 aliphatic rings. The van der Waals surface area contributed by atoms with Gasteiger partial charge in [-0.3, -0.25) is 4.79 Å². The van der Waals surface area contributed by atoms with E-state index in [1.54, 1.807) is 25.1 Å². The van der Waals surface area contributed by atoms with Crippen LogP contribution < -0.4 is 14.7 Å². The van der Waals surface area contributed by atoms with Crippen molar-refractivity contribution < 1.29 is 32.4 Å². The van der Waals surface area contributed by atoms with Gasteiger partial charge in [-0.2, -0.15) is 0 Å². The average molecular weight is 452 g/mol. The van der Waals surface area contributed by atoms with Crippen LogP contribution in [0.25, 0.3) is 0 Å². The lowest BCUT2D eigenvalue weighted by Crippen LogP contribution is -2.53. The number of sulfonamides is 1. The van der Waals surface area contributed by atoms with Gasteiger partial charge in [-0.25, -0.2) is 17.9 Å². The van der Waals surface area contributed by atoms with Gasteiger partial charge in [0.15, 0.2) is 0 Å². The van der Waals surface area contributed by atoms with Gasteiger partial charge in [0.1, 0.15) is 11.3 Å². The molecule has 0 saturated heterocycles. The van der Waals surface area contributed by atoms with Crippen LogP contribution in [0.4, 0.5) is 0 Å². The number of hydrogen-bond acceptors (Lipinski definition) is 7. The van der Waals surface area contributed by atoms with Crippen LogP contribution in [-0.2, 0) is 26.0 Å². The monoisotopic (exact) mass is 452 g/mol. The lowest BCUT2D eigenvalue weighted by molar-refractivity contribution is -0.122. The lowest BCUT2D eigenvalue weighted by atomic mass is 9.72. The molecule has 9 nitrogen and oxygen atoms in total. The van der Waals surface area contributed by atoms with Crippen LogP contribution in [0.3, 0.4) is 0 Å². The van der Waals surface area contributed by atoms with Crippen molar-refractivity contribution in [3.63, 3.8) is 0 Å². The summed E-state index contributed by atoms with van der Waals surface area (Å²) in [5.74, 6) is -0.870. The largest absolute Gasteiger partial charge is 0.547 e. The highest BCUT2D eigenvalue weighted by molar-refractivity contribution is 7.88. The summed E-state index contributed by atoms with van der Waals surface area (Å²) >= 11 is 0. The second-order valence-corrected chi connectivity index (χ2v) is 9.99. The van der Waals surface area contributed by atoms with Crippen molar-refractivity contribution in [2.24, 2.45) is 5.92 Å². The fourth-order valence-corrected chi connectivity index (χ4v) is 5.07. The zero-order valence-corrected chi connectivity index (χ0v) is 18.6. The number of nitrogens with one attached hydrogen (secondary N) is 2. The molecule has 1 fully saturated rings. The van der Waals surface area contributed by atoms with Crippen LogP contribution in [0.15, 0.2) is 18.2 Å². The molecule has 0 spiro atoms. The van der Waals surface area contributed by atoms with Crippen LogP contribution in [0.5, 0.6) is 5.75 Å². The molecular formula is C20H29BN2O7S. The number of benzene rings is 1. The Labute approximate surface area is 183 Å². The molecule has 1 atom stereocenters. The number of carbonyl (C=O) groups excluding carboxylic acids is 2. The first-order valence-corrected chi connectivity index (χ1v) is 12.5. The highest BCUT2D eigenvalue weighted by atomic mass is 32.2. The van der Waals surface area contributed by atoms with Gasteiger partial charge in [0.25, 0.3) is 0 Å². The first-order valence-electron chi connectivity index (χ1n) is 10.6. The summed E-state index contributed by atoms with van der Waals surface area (Å²) in [5, 5.41) is 13.2. The summed E-state index contributed by atoms with van der Waals surface area (Å²) in [6, 6.07) is 5.01. The quantitative estimate of drug-likeness (QED) is 0.412. The van der Waals surface area contributed by atoms with Crippen LogP contribution in [0, 0.1) is 5.92 Å². The lowest BCUT2D eigenvalue weighted by Gasteiger charge is -2.31. The molecule has 1 aliphatic heterocycles. The molecule has 0 bridgehead atoms. The number of esters is 1. The highest BCUT2D eigenvalue weighted by Crippen LogP contribution is 2.31. The molecular weight excluding hydrogens is 423 g/mol. The van der Waals surface area contributed by atoms with E-state index in [2.05, 4.69) is 10.0 Å². The Balaban J connectivity index is 1.54. The number of ether oxygens (including phenoxy) is 1. The van der Waals surface area contributed by atoms with Crippen molar-refractivity contribution in [2.45, 2.75) is 57.4 Å². The van der Waals surface area contributed by atoms with Gasteiger partial charge in [0.05, 0.1) is 18.8 Å². The number of amides is 1. The van der Waals surface area contributed by atoms with E-state index in [0.717, 1.165) is 19.1 Å². The zero-order chi connectivity index (χ0) is 22.6. The number of hydrogen-bond donors (Lipinski definition) is 3. The molecule has 170 valence electrons. The predicted octanol–water partition coefficient (Wildman–Crippen LogP) is 0.801. The minimum absolute atomic E-state index is 0.0760. The molecule has 31 heavy (non-hydrogen) atoms. The topological polar surface area (TPSA) is 131 Å². The zero-order valence-electron chi connectivity index (χ0n) is 17.8. The van der Waals surface area contributed by atoms with Gasteiger partial charge in [-0.05, 0) is 56.6 Å². The molecule has 11 heteroatoms. The van der Waals surface area contributed by atoms with E-state index in [0.29, 0.717) is 31.2 Å². The fraction of sp³-hybridized carbons (Fsp3) is 0.600. The Hall–Kier alpha value is -2.11. The molecule has 0 unspecified atom stereocenters. The molecule has 0 aromatic heterocycles. The summed E-state index contributed by atoms with van der Waals surface area (Å²) < 4.78 is 35.9. The number of carbonyl (C=O) groups is 2. The summed E-state index contributed by atoms with van der Waals surface area (Å²) in [6.45, 7) is 1.94. The van der Waals surface area contributed by atoms with E-state index in [-0.39, 0.29) is 35.8 Å². The highest BCUT2D eigenvalue weighted by Gasteiger charge is 2.38. The van der Waals surface area contributed by atoms with Crippen molar-refractivity contribution in [3.05, 3.63) is 29.3 Å². The summed E-state index contributed by atoms with van der Waals surface area (Å²) in [4.78, 5) is 24.7. The maximum Gasteiger partial charge on any atom is 0.547 e. The summed E-state index contributed by atoms with van der Waals surface area (Å²) in [5.41, 5.74) is 0.969. The van der Waals surface area contributed by atoms with E-state index in [1.165, 1.54) is 0 Å². The minimum atomic E-state index is -3.23. The second kappa shape index (κ2) is 10.0. The van der Waals surface area contributed by atoms with E-state index in [9.17, 15) is 23.0 Å². The van der Waals surface area contributed by atoms with E-state index >= 15 is 0 Å². The normalized spacial score (nSPS) is 23.5. The molecule has 1 aromatic rings. The maximum absolute atomic E-state index is 12.5. The van der Waals surface area contributed by atoms with Crippen LogP contribution in [0.1, 0.15) is 54.9 Å². The van der Waals surface area contributed by atoms with Gasteiger partial charge in [0, 0.05) is 12.5 Å². The average Bonchev–Trinajstić information content (AvgIpc) is 2.68. The van der Waals surface area contributed by atoms with Gasteiger partial charge < -0.3 is 19.7 Å². The van der Waals surface area contributed by atoms with E-state index in [4.69, 9.17) is 9.39 Å². The van der Waals surface area contributed by atoms with Gasteiger partial charge in [0.2, 0.25) is 15.9 Å². The van der Waals surface area contributed by atoms with E-state index < -0.39 is 29.1 Å². The Morgan fingerprint density at radius 3 is 2.61 bits per heavy atom. The third-order valence-electron chi connectivity index (χ3n) is 5.66. The molecule has 3 rings (SSSR count). The Bertz CT molecular complexity index is 916. The van der Waals surface area contributed by atoms with Crippen LogP contribution >= 0.6 is 0 Å². The summed E-state index contributed by atoms with van der Waals surface area (Å²) in [7, 11) is -4.50. The SMILES string of the molecule is CCOC(=O)c1cccc2c1OB(O)[C@@H](NC(=O)CC1CCC(NS(C)(=O)=O)CC1)C2. The van der Waals surface area contributed by atoms with Gasteiger partial charge >= 0.3 is 13.1 Å². The molecule has 3 N–H and O–H groups in total. The first kappa shape index (κ1) is 23.6. The third kappa shape index (κ3) is 6.44. The van der Waals surface area contributed by atoms with Crippen LogP contribution in [-0.4, -0.2) is 57.3 Å². The number of rotatable bonds is 7. The molecule has 1 aliphatic carbocycles. The van der Waals surface area contributed by atoms with Crippen molar-refractivity contribution in [1.29, 1.82) is 0 Å². The number of para-hydroxylation sites is 1. The molecule has 1 aromatic carbocycles. The molecule has 1 saturated carbocycles. The first-order chi connectivity index (χ1) is 14.7. The predicted molar refractivity (Wildman–Crippen MR) is 115 cm³/mol. The van der Waals surface area contributed by atoms with E-state index in [1.807, 2.05) is 0 Å². The van der Waals surface area contributed by atoms with Crippen molar-refractivity contribution in [3.8, 4) is 5.75 Å². The van der Waals surface area contributed by atoms with Gasteiger partial charge in [-0.15, -0.1) is 0 Å². The fourth-order valence-electron chi connectivity index (χ4n) is 4.23. The smallest absolute Gasteiger partial charge is 0.534 e. The summed E-state index contributed by atoms with van der Waals surface area (Å²) in [6.07, 6.45) is 4.71. The Morgan fingerprint density at radius 2 is 1.97 bits per heavy atom. The standard InChI is InChI=1S/C20H29BN2O7S/c1-3-29-20(25)16-6-4-5-14-12-17(21(26)30-19(14)16)22-18(24)11-13-7-9-15(10-8-13)23-31(2,27)28/h4-6,13,15,17,23,26H,3,7-12H2,1-2H3,(H,22,24)/t13?,15?,17-/m0/s1. The van der Waals surface area contributed by atoms with Crippen molar-refractivity contribution >= 4 is 29.0 Å². The minimum Gasteiger partial charge on any atom is -0.534 e. The Morgan fingerprint density at radius 1 is 1.26 bits per heavy atom. The van der Waals surface area contributed by atoms with Crippen molar-refractivity contribution in [1.82, 2.24) is 10.0 Å². The second-order valence-electron chi connectivity index (χ2n) is 8.21. The molecule has 0 radical (unpaired) electrons. The number of fused-ring (bicyclic) bond motifs is 1. The third-order valence-corrected chi connectivity index (χ3v) is 6.42. The maximum atomic E-state index is 12.5. The molecule has 1 heterocycles. The Kier molecular flexibility index (Phi) is 7.61. The molecule has 1 amide bonds. The van der Waals surface area contributed by atoms with Crippen molar-refractivity contribution in [2.75, 3.05) is 12.9 Å². The van der Waals surface area contributed by atoms with Crippen LogP contribution in [0.2, 0.25) is 0 Å². The van der Waals surface area contributed by atoms with Gasteiger partial charge in [-0.1, -0.05) is 12.1 Å².